The molecule has 1 atom stereocenters. The highest BCUT2D eigenvalue weighted by Gasteiger charge is 2.40. The summed E-state index contributed by atoms with van der Waals surface area (Å²) in [6.07, 6.45) is 3.05. The quantitative estimate of drug-likeness (QED) is 0.685. The van der Waals surface area contributed by atoms with E-state index in [2.05, 4.69) is 4.90 Å². The molecule has 0 aliphatic carbocycles. The first kappa shape index (κ1) is 22.5. The van der Waals surface area contributed by atoms with Crippen LogP contribution in [0.1, 0.15) is 41.4 Å². The summed E-state index contributed by atoms with van der Waals surface area (Å²) in [6, 6.07) is 8.12. The van der Waals surface area contributed by atoms with E-state index >= 15 is 0 Å². The Hall–Kier alpha value is -1.95. The number of benzene rings is 1. The van der Waals surface area contributed by atoms with E-state index in [1.54, 1.807) is 11.0 Å². The SMILES string of the molecule is O=C(c1nn(C2CCN(C3CCOCC3)C2)c2c1CS(O)(O)c1ccccc1-2)N1CCOCC1. The van der Waals surface area contributed by atoms with Crippen LogP contribution in [0.3, 0.4) is 0 Å². The molecule has 0 spiro atoms. The lowest BCUT2D eigenvalue weighted by Gasteiger charge is -2.38. The number of carbonyl (C=O) groups excluding carboxylic acids is 1. The maximum Gasteiger partial charge on any atom is 0.274 e. The zero-order chi connectivity index (χ0) is 23.3. The number of hydrogen-bond acceptors (Lipinski definition) is 7. The molecule has 0 bridgehead atoms. The van der Waals surface area contributed by atoms with Gasteiger partial charge in [0.05, 0.1) is 35.6 Å². The van der Waals surface area contributed by atoms with Crippen LogP contribution in [0.15, 0.2) is 29.2 Å². The molecule has 3 fully saturated rings. The van der Waals surface area contributed by atoms with Crippen molar-refractivity contribution in [2.24, 2.45) is 0 Å². The Balaban J connectivity index is 1.40. The third-order valence-electron chi connectivity index (χ3n) is 7.60. The van der Waals surface area contributed by atoms with Crippen molar-refractivity contribution >= 4 is 16.5 Å². The number of likely N-dealkylation sites (tertiary alicyclic amines) is 1. The Morgan fingerprint density at radius 1 is 0.971 bits per heavy atom. The Morgan fingerprint density at radius 2 is 1.71 bits per heavy atom. The van der Waals surface area contributed by atoms with Gasteiger partial charge in [-0.3, -0.25) is 23.5 Å². The van der Waals surface area contributed by atoms with Crippen LogP contribution in [0.5, 0.6) is 0 Å². The van der Waals surface area contributed by atoms with E-state index in [4.69, 9.17) is 14.6 Å². The average molecular weight is 489 g/mol. The van der Waals surface area contributed by atoms with Gasteiger partial charge in [-0.15, -0.1) is 0 Å². The summed E-state index contributed by atoms with van der Waals surface area (Å²) in [6.45, 7) is 5.56. The summed E-state index contributed by atoms with van der Waals surface area (Å²) in [5.74, 6) is -0.117. The van der Waals surface area contributed by atoms with Crippen LogP contribution in [0.25, 0.3) is 11.3 Å². The number of amides is 1. The molecule has 3 saturated heterocycles. The highest BCUT2D eigenvalue weighted by atomic mass is 32.3. The largest absolute Gasteiger partial charge is 0.381 e. The van der Waals surface area contributed by atoms with Crippen molar-refractivity contribution in [2.75, 3.05) is 52.6 Å². The number of nitrogens with zero attached hydrogens (tertiary/aromatic N) is 4. The van der Waals surface area contributed by atoms with E-state index in [0.717, 1.165) is 56.8 Å². The second-order valence-corrected chi connectivity index (χ2v) is 11.7. The predicted octanol–water partition coefficient (Wildman–Crippen LogP) is 3.07. The second kappa shape index (κ2) is 8.92. The molecule has 1 aromatic heterocycles. The van der Waals surface area contributed by atoms with Gasteiger partial charge in [-0.25, -0.2) is 0 Å². The fraction of sp³-hybridized carbons (Fsp3) is 0.583. The fourth-order valence-electron chi connectivity index (χ4n) is 5.82. The number of carbonyl (C=O) groups is 1. The van der Waals surface area contributed by atoms with Crippen LogP contribution in [-0.2, 0) is 15.2 Å². The maximum absolute atomic E-state index is 13.6. The van der Waals surface area contributed by atoms with Crippen molar-refractivity contribution in [3.05, 3.63) is 35.5 Å². The molecule has 184 valence electrons. The summed E-state index contributed by atoms with van der Waals surface area (Å²) in [5, 5.41) is 4.92. The lowest BCUT2D eigenvalue weighted by Crippen LogP contribution is -2.41. The van der Waals surface area contributed by atoms with Gasteiger partial charge in [-0.2, -0.15) is 15.7 Å². The summed E-state index contributed by atoms with van der Waals surface area (Å²) in [4.78, 5) is 18.4. The normalized spacial score (nSPS) is 26.2. The highest BCUT2D eigenvalue weighted by Crippen LogP contribution is 2.60. The smallest absolute Gasteiger partial charge is 0.274 e. The van der Waals surface area contributed by atoms with Crippen molar-refractivity contribution in [3.63, 3.8) is 0 Å². The van der Waals surface area contributed by atoms with Crippen molar-refractivity contribution in [1.82, 2.24) is 19.6 Å². The molecule has 6 rings (SSSR count). The van der Waals surface area contributed by atoms with Crippen LogP contribution in [0.4, 0.5) is 0 Å². The third kappa shape index (κ3) is 3.86. The molecule has 2 N–H and O–H groups in total. The molecule has 34 heavy (non-hydrogen) atoms. The van der Waals surface area contributed by atoms with Crippen molar-refractivity contribution < 1.29 is 23.4 Å². The minimum absolute atomic E-state index is 0.0289. The molecule has 5 heterocycles. The fourth-order valence-corrected chi connectivity index (χ4v) is 7.46. The molecular formula is C24H32N4O5S. The van der Waals surface area contributed by atoms with Gasteiger partial charge < -0.3 is 14.4 Å². The zero-order valence-corrected chi connectivity index (χ0v) is 20.1. The predicted molar refractivity (Wildman–Crippen MR) is 128 cm³/mol. The van der Waals surface area contributed by atoms with E-state index in [1.807, 2.05) is 22.9 Å². The lowest BCUT2D eigenvalue weighted by atomic mass is 10.0. The molecule has 1 unspecified atom stereocenters. The van der Waals surface area contributed by atoms with Crippen LogP contribution < -0.4 is 0 Å². The standard InChI is InChI=1S/C24H32N4O5S/c29-24(26-9-13-33-14-10-26)22-20-16-34(30,31)21-4-2-1-3-19(21)23(20)28(25-22)18-5-8-27(15-18)17-6-11-32-12-7-17/h1-4,17-18,30-31H,5-16H2. The number of hydrogen-bond donors (Lipinski definition) is 2. The molecule has 1 aromatic carbocycles. The van der Waals surface area contributed by atoms with Gasteiger partial charge in [0.1, 0.15) is 0 Å². The molecule has 10 heteroatoms. The molecule has 1 amide bonds. The molecular weight excluding hydrogens is 456 g/mol. The van der Waals surface area contributed by atoms with E-state index in [-0.39, 0.29) is 17.7 Å². The molecule has 9 nitrogen and oxygen atoms in total. The highest BCUT2D eigenvalue weighted by molar-refractivity contribution is 8.23. The monoisotopic (exact) mass is 488 g/mol. The van der Waals surface area contributed by atoms with E-state index in [1.165, 1.54) is 0 Å². The van der Waals surface area contributed by atoms with Gasteiger partial charge in [-0.1, -0.05) is 18.2 Å². The second-order valence-electron chi connectivity index (χ2n) is 9.61. The van der Waals surface area contributed by atoms with E-state index < -0.39 is 10.6 Å². The van der Waals surface area contributed by atoms with Gasteiger partial charge >= 0.3 is 0 Å². The maximum atomic E-state index is 13.6. The van der Waals surface area contributed by atoms with Crippen LogP contribution in [0, 0.1) is 0 Å². The van der Waals surface area contributed by atoms with Crippen LogP contribution in [0.2, 0.25) is 0 Å². The first-order valence-corrected chi connectivity index (χ1v) is 13.9. The molecule has 2 aromatic rings. The summed E-state index contributed by atoms with van der Waals surface area (Å²) < 4.78 is 35.0. The third-order valence-corrected chi connectivity index (χ3v) is 9.35. The molecule has 0 radical (unpaired) electrons. The topological polar surface area (TPSA) is 100 Å². The first-order chi connectivity index (χ1) is 16.5. The summed E-state index contributed by atoms with van der Waals surface area (Å²) in [5.41, 5.74) is 2.68. The van der Waals surface area contributed by atoms with Gasteiger partial charge in [0, 0.05) is 56.6 Å². The van der Waals surface area contributed by atoms with Gasteiger partial charge in [-0.05, 0) is 25.3 Å². The van der Waals surface area contributed by atoms with Crippen molar-refractivity contribution in [3.8, 4) is 11.3 Å². The van der Waals surface area contributed by atoms with Crippen molar-refractivity contribution in [2.45, 2.75) is 42.0 Å². The van der Waals surface area contributed by atoms with Crippen molar-refractivity contribution in [1.29, 1.82) is 0 Å². The number of ether oxygens (including phenoxy) is 2. The van der Waals surface area contributed by atoms with Crippen LogP contribution in [-0.4, -0.2) is 93.2 Å². The minimum Gasteiger partial charge on any atom is -0.381 e. The van der Waals surface area contributed by atoms with Gasteiger partial charge in [0.2, 0.25) is 0 Å². The number of morpholine rings is 1. The zero-order valence-electron chi connectivity index (χ0n) is 19.3. The summed E-state index contributed by atoms with van der Waals surface area (Å²) >= 11 is 0. The number of fused-ring (bicyclic) bond motifs is 3. The molecule has 4 aliphatic rings. The number of rotatable bonds is 3. The average Bonchev–Trinajstić information content (AvgIpc) is 3.50. The number of aromatic nitrogens is 2. The Kier molecular flexibility index (Phi) is 5.91. The lowest BCUT2D eigenvalue weighted by molar-refractivity contribution is 0.0297. The molecule has 0 saturated carbocycles. The first-order valence-electron chi connectivity index (χ1n) is 12.2. The minimum atomic E-state index is -3.05. The van der Waals surface area contributed by atoms with Gasteiger partial charge in [0.15, 0.2) is 5.69 Å². The van der Waals surface area contributed by atoms with E-state index in [9.17, 15) is 13.9 Å². The summed E-state index contributed by atoms with van der Waals surface area (Å²) in [7, 11) is -3.05. The van der Waals surface area contributed by atoms with Gasteiger partial charge in [0.25, 0.3) is 5.91 Å². The van der Waals surface area contributed by atoms with E-state index in [0.29, 0.717) is 48.5 Å². The Labute approximate surface area is 201 Å². The Morgan fingerprint density at radius 3 is 2.50 bits per heavy atom. The Bertz CT molecular complexity index is 1080. The molecule has 4 aliphatic heterocycles. The van der Waals surface area contributed by atoms with Crippen LogP contribution >= 0.6 is 10.6 Å².